The van der Waals surface area contributed by atoms with Crippen LogP contribution in [0.4, 0.5) is 0 Å². The van der Waals surface area contributed by atoms with Gasteiger partial charge >= 0.3 is 0 Å². The topological polar surface area (TPSA) is 210 Å². The van der Waals surface area contributed by atoms with Gasteiger partial charge in [0.25, 0.3) is 5.91 Å². The van der Waals surface area contributed by atoms with Crippen molar-refractivity contribution in [2.45, 2.75) is 18.4 Å². The van der Waals surface area contributed by atoms with Gasteiger partial charge in [0.15, 0.2) is 11.4 Å². The summed E-state index contributed by atoms with van der Waals surface area (Å²) in [5.74, 6) is -7.94. The monoisotopic (exact) mass is 495 g/mol. The van der Waals surface area contributed by atoms with Crippen LogP contribution in [-0.4, -0.2) is 71.3 Å². The molecule has 3 aliphatic rings. The Morgan fingerprint density at radius 3 is 2.56 bits per heavy atom. The SMILES string of the molecule is CO/N=C1\C(O)=C(C(N)=O)C(=O)[C@@]2(O)C(=O)C3=C(O)c4c(O)ccc(-c5cnn(C)n5)c4C[C@H]3C[C@@H]12. The van der Waals surface area contributed by atoms with E-state index < -0.39 is 57.7 Å². The maximum Gasteiger partial charge on any atom is 0.256 e. The zero-order valence-corrected chi connectivity index (χ0v) is 19.1. The van der Waals surface area contributed by atoms with Crippen LogP contribution >= 0.6 is 0 Å². The first-order valence-electron chi connectivity index (χ1n) is 10.8. The molecular weight excluding hydrogens is 474 g/mol. The Morgan fingerprint density at radius 1 is 1.22 bits per heavy atom. The molecule has 1 fully saturated rings. The number of hydrogen-bond acceptors (Lipinski definition) is 11. The minimum Gasteiger partial charge on any atom is -0.507 e. The lowest BCUT2D eigenvalue weighted by atomic mass is 9.58. The predicted octanol–water partition coefficient (Wildman–Crippen LogP) is -0.168. The van der Waals surface area contributed by atoms with Gasteiger partial charge in [-0.3, -0.25) is 14.4 Å². The third kappa shape index (κ3) is 2.92. The Balaban J connectivity index is 1.73. The van der Waals surface area contributed by atoms with Crippen LogP contribution in [0.25, 0.3) is 17.0 Å². The number of aliphatic hydroxyl groups is 3. The summed E-state index contributed by atoms with van der Waals surface area (Å²) < 4.78 is 0. The molecule has 1 saturated carbocycles. The average molecular weight is 495 g/mol. The third-order valence-corrected chi connectivity index (χ3v) is 6.95. The van der Waals surface area contributed by atoms with E-state index in [0.29, 0.717) is 16.8 Å². The zero-order chi connectivity index (χ0) is 26.1. The van der Waals surface area contributed by atoms with Crippen LogP contribution in [0.1, 0.15) is 17.5 Å². The number of oxime groups is 1. The molecule has 1 amide bonds. The van der Waals surface area contributed by atoms with Crippen molar-refractivity contribution in [3.05, 3.63) is 46.4 Å². The molecule has 1 aromatic heterocycles. The summed E-state index contributed by atoms with van der Waals surface area (Å²) in [7, 11) is 2.78. The van der Waals surface area contributed by atoms with Gasteiger partial charge in [-0.15, -0.1) is 0 Å². The fraction of sp³-hybridized carbons (Fsp3) is 0.304. The number of carbonyl (C=O) groups excluding carboxylic acids is 3. The molecule has 2 aromatic rings. The molecule has 1 aromatic carbocycles. The van der Waals surface area contributed by atoms with Gasteiger partial charge in [-0.25, -0.2) is 0 Å². The van der Waals surface area contributed by atoms with Gasteiger partial charge in [-0.2, -0.15) is 15.0 Å². The fourth-order valence-electron chi connectivity index (χ4n) is 5.41. The number of Topliss-reactive ketones (excluding diaryl/α,β-unsaturated/α-hetero) is 2. The van der Waals surface area contributed by atoms with Gasteiger partial charge < -0.3 is 31.0 Å². The summed E-state index contributed by atoms with van der Waals surface area (Å²) in [5, 5.41) is 55.8. The number of aromatic hydroxyl groups is 1. The Kier molecular flexibility index (Phi) is 5.00. The number of phenolic OH excluding ortho intramolecular Hbond substituents is 1. The number of nitrogens with zero attached hydrogens (tertiary/aromatic N) is 4. The van der Waals surface area contributed by atoms with Gasteiger partial charge in [0.1, 0.15) is 35.6 Å². The summed E-state index contributed by atoms with van der Waals surface area (Å²) in [6, 6.07) is 2.93. The molecule has 6 N–H and O–H groups in total. The first-order chi connectivity index (χ1) is 17.0. The highest BCUT2D eigenvalue weighted by Crippen LogP contribution is 2.51. The molecular formula is C23H21N5O8. The van der Waals surface area contributed by atoms with E-state index in [1.54, 1.807) is 13.1 Å². The van der Waals surface area contributed by atoms with Crippen molar-refractivity contribution >= 4 is 28.9 Å². The smallest absolute Gasteiger partial charge is 0.256 e. The Morgan fingerprint density at radius 2 is 1.94 bits per heavy atom. The van der Waals surface area contributed by atoms with Crippen molar-refractivity contribution in [3.8, 4) is 17.0 Å². The van der Waals surface area contributed by atoms with Crippen LogP contribution in [0, 0.1) is 11.8 Å². The lowest BCUT2D eigenvalue weighted by Gasteiger charge is -2.45. The number of primary amides is 1. The molecule has 13 nitrogen and oxygen atoms in total. The Bertz CT molecular complexity index is 1470. The summed E-state index contributed by atoms with van der Waals surface area (Å²) in [6.45, 7) is 0. The number of fused-ring (bicyclic) bond motifs is 3. The van der Waals surface area contributed by atoms with Crippen LogP contribution < -0.4 is 5.73 Å². The van der Waals surface area contributed by atoms with Gasteiger partial charge in [-0.1, -0.05) is 5.16 Å². The van der Waals surface area contributed by atoms with Gasteiger partial charge in [0, 0.05) is 18.2 Å². The number of phenols is 1. The molecule has 1 heterocycles. The molecule has 5 rings (SSSR count). The van der Waals surface area contributed by atoms with Crippen molar-refractivity contribution in [3.63, 3.8) is 0 Å². The maximum atomic E-state index is 13.7. The third-order valence-electron chi connectivity index (χ3n) is 6.95. The molecule has 0 spiro atoms. The number of benzene rings is 1. The minimum absolute atomic E-state index is 0.0395. The summed E-state index contributed by atoms with van der Waals surface area (Å²) in [6.07, 6.45) is 1.47. The lowest BCUT2D eigenvalue weighted by molar-refractivity contribution is -0.153. The van der Waals surface area contributed by atoms with E-state index >= 15 is 0 Å². The van der Waals surface area contributed by atoms with Crippen molar-refractivity contribution in [1.29, 1.82) is 0 Å². The number of aromatic nitrogens is 3. The quantitative estimate of drug-likeness (QED) is 0.215. The Labute approximate surface area is 202 Å². The highest BCUT2D eigenvalue weighted by Gasteiger charge is 2.64. The van der Waals surface area contributed by atoms with Crippen LogP contribution in [0.2, 0.25) is 0 Å². The molecule has 13 heteroatoms. The molecule has 0 unspecified atom stereocenters. The highest BCUT2D eigenvalue weighted by molar-refractivity contribution is 6.38. The molecule has 3 aliphatic carbocycles. The maximum absolute atomic E-state index is 13.7. The fourth-order valence-corrected chi connectivity index (χ4v) is 5.41. The first-order valence-corrected chi connectivity index (χ1v) is 10.8. The molecule has 0 radical (unpaired) electrons. The number of rotatable bonds is 3. The van der Waals surface area contributed by atoms with Crippen LogP contribution in [0.5, 0.6) is 5.75 Å². The molecule has 186 valence electrons. The average Bonchev–Trinajstić information content (AvgIpc) is 3.24. The number of hydrogen-bond donors (Lipinski definition) is 5. The van der Waals surface area contributed by atoms with Gasteiger partial charge in [0.05, 0.1) is 17.7 Å². The Hall–Kier alpha value is -4.52. The number of aliphatic hydroxyl groups excluding tert-OH is 2. The predicted molar refractivity (Wildman–Crippen MR) is 121 cm³/mol. The standard InChI is InChI=1S/C23H21N5O8/c1-28-25-7-12(26-28)9-3-4-13(29)15-10(9)5-8-6-11-17(27-36-2)19(31)16(22(24)34)21(33)23(11,35)20(32)14(8)18(15)30/h3-4,7-8,11,29-31,35H,5-6H2,1-2H3,(H2,24,34)/b27-17-/t8-,11-,23-/m0/s1. The molecule has 3 atom stereocenters. The van der Waals surface area contributed by atoms with Crippen LogP contribution in [0.3, 0.4) is 0 Å². The summed E-state index contributed by atoms with van der Waals surface area (Å²) in [5.41, 5.74) is 2.13. The van der Waals surface area contributed by atoms with E-state index in [4.69, 9.17) is 10.6 Å². The largest absolute Gasteiger partial charge is 0.507 e. The first kappa shape index (κ1) is 23.2. The van der Waals surface area contributed by atoms with Crippen LogP contribution in [-0.2, 0) is 32.7 Å². The second-order valence-electron chi connectivity index (χ2n) is 8.83. The number of allylic oxidation sites excluding steroid dienone is 1. The minimum atomic E-state index is -2.89. The van der Waals surface area contributed by atoms with Crippen molar-refractivity contribution < 1.29 is 39.6 Å². The van der Waals surface area contributed by atoms with E-state index in [9.17, 15) is 34.8 Å². The summed E-state index contributed by atoms with van der Waals surface area (Å²) >= 11 is 0. The normalized spacial score (nSPS) is 26.6. The lowest BCUT2D eigenvalue weighted by Crippen LogP contribution is -2.64. The number of carbonyl (C=O) groups is 3. The zero-order valence-electron chi connectivity index (χ0n) is 19.1. The second-order valence-corrected chi connectivity index (χ2v) is 8.83. The number of amides is 1. The molecule has 0 aliphatic heterocycles. The molecule has 0 bridgehead atoms. The van der Waals surface area contributed by atoms with E-state index in [1.165, 1.54) is 17.1 Å². The highest BCUT2D eigenvalue weighted by atomic mass is 16.6. The van der Waals surface area contributed by atoms with E-state index in [2.05, 4.69) is 15.4 Å². The van der Waals surface area contributed by atoms with Crippen molar-refractivity contribution in [1.82, 2.24) is 15.0 Å². The van der Waals surface area contributed by atoms with Gasteiger partial charge in [0.2, 0.25) is 11.6 Å². The van der Waals surface area contributed by atoms with E-state index in [0.717, 1.165) is 7.11 Å². The van der Waals surface area contributed by atoms with Crippen LogP contribution in [0.15, 0.2) is 40.4 Å². The molecule has 36 heavy (non-hydrogen) atoms. The van der Waals surface area contributed by atoms with Crippen molar-refractivity contribution in [2.24, 2.45) is 29.8 Å². The van der Waals surface area contributed by atoms with Crippen molar-refractivity contribution in [2.75, 3.05) is 7.11 Å². The van der Waals surface area contributed by atoms with E-state index in [-0.39, 0.29) is 29.7 Å². The van der Waals surface area contributed by atoms with E-state index in [1.807, 2.05) is 0 Å². The second kappa shape index (κ2) is 7.75. The number of aryl methyl sites for hydroxylation is 1. The van der Waals surface area contributed by atoms with Gasteiger partial charge in [-0.05, 0) is 36.5 Å². The number of nitrogens with two attached hydrogens (primary N) is 1. The number of ketones is 2. The summed E-state index contributed by atoms with van der Waals surface area (Å²) in [4.78, 5) is 44.9. The molecule has 0 saturated heterocycles.